The Hall–Kier alpha value is -1.30. The second-order valence-electron chi connectivity index (χ2n) is 2.75. The summed E-state index contributed by atoms with van der Waals surface area (Å²) >= 11 is 1.20. The number of nitrogens with two attached hydrogens (primary N) is 1. The molecular formula is C8H10N2O3S. The Balaban J connectivity index is 2.40. The van der Waals surface area contributed by atoms with E-state index in [1.807, 2.05) is 0 Å². The van der Waals surface area contributed by atoms with Gasteiger partial charge in [0.2, 0.25) is 16.9 Å². The number of carbonyl (C=O) groups is 3. The van der Waals surface area contributed by atoms with Crippen molar-refractivity contribution in [3.63, 3.8) is 0 Å². The van der Waals surface area contributed by atoms with Gasteiger partial charge in [-0.05, 0) is 6.42 Å². The Labute approximate surface area is 85.1 Å². The molecule has 1 atom stereocenters. The van der Waals surface area contributed by atoms with Gasteiger partial charge in [0.15, 0.2) is 0 Å². The van der Waals surface area contributed by atoms with Crippen molar-refractivity contribution in [3.05, 3.63) is 12.2 Å². The normalized spacial score (nSPS) is 21.4. The molecule has 0 bridgehead atoms. The minimum absolute atomic E-state index is 0.0363. The van der Waals surface area contributed by atoms with Gasteiger partial charge in [-0.1, -0.05) is 11.8 Å². The molecule has 1 unspecified atom stereocenters. The van der Waals surface area contributed by atoms with Crippen molar-refractivity contribution in [1.82, 2.24) is 5.32 Å². The quantitative estimate of drug-likeness (QED) is 0.600. The van der Waals surface area contributed by atoms with Gasteiger partial charge in [-0.25, -0.2) is 0 Å². The summed E-state index contributed by atoms with van der Waals surface area (Å²) in [6, 6.07) is -0.426. The zero-order chi connectivity index (χ0) is 10.6. The summed E-state index contributed by atoms with van der Waals surface area (Å²) in [4.78, 5) is 32.5. The first-order valence-corrected chi connectivity index (χ1v) is 5.03. The zero-order valence-corrected chi connectivity index (χ0v) is 8.17. The fourth-order valence-corrected chi connectivity index (χ4v) is 1.94. The van der Waals surface area contributed by atoms with Crippen LogP contribution < -0.4 is 11.1 Å². The average Bonchev–Trinajstić information content (AvgIpc) is 2.49. The molecule has 76 valence electrons. The third kappa shape index (κ3) is 3.21. The average molecular weight is 214 g/mol. The third-order valence-electron chi connectivity index (χ3n) is 1.65. The molecule has 6 heteroatoms. The second kappa shape index (κ2) is 4.80. The third-order valence-corrected chi connectivity index (χ3v) is 2.66. The number of primary amides is 1. The number of hydrogen-bond acceptors (Lipinski definition) is 4. The summed E-state index contributed by atoms with van der Waals surface area (Å²) in [5, 5.41) is 2.44. The minimum Gasteiger partial charge on any atom is -0.366 e. The molecule has 1 saturated heterocycles. The maximum absolute atomic E-state index is 11.1. The van der Waals surface area contributed by atoms with Gasteiger partial charge >= 0.3 is 0 Å². The van der Waals surface area contributed by atoms with Crippen molar-refractivity contribution in [1.29, 1.82) is 0 Å². The van der Waals surface area contributed by atoms with Crippen molar-refractivity contribution in [2.75, 3.05) is 5.75 Å². The van der Waals surface area contributed by atoms with E-state index in [-0.39, 0.29) is 5.12 Å². The van der Waals surface area contributed by atoms with Gasteiger partial charge in [0.05, 0.1) is 6.04 Å². The van der Waals surface area contributed by atoms with Crippen LogP contribution in [0.15, 0.2) is 12.2 Å². The van der Waals surface area contributed by atoms with Gasteiger partial charge in [-0.2, -0.15) is 0 Å². The fourth-order valence-electron chi connectivity index (χ4n) is 1.00. The molecule has 5 nitrogen and oxygen atoms in total. The van der Waals surface area contributed by atoms with Gasteiger partial charge in [-0.15, -0.1) is 0 Å². The molecule has 1 heterocycles. The van der Waals surface area contributed by atoms with E-state index in [1.54, 1.807) is 0 Å². The SMILES string of the molecule is NC(=O)/C=C/C(=O)NC1CCSC1=O. The van der Waals surface area contributed by atoms with Gasteiger partial charge in [0.1, 0.15) is 0 Å². The molecule has 1 fully saturated rings. The monoisotopic (exact) mass is 214 g/mol. The van der Waals surface area contributed by atoms with E-state index in [0.29, 0.717) is 6.42 Å². The molecule has 0 saturated carbocycles. The number of carbonyl (C=O) groups excluding carboxylic acids is 3. The lowest BCUT2D eigenvalue weighted by atomic mass is 10.2. The number of amides is 2. The van der Waals surface area contributed by atoms with Crippen LogP contribution >= 0.6 is 11.8 Å². The predicted octanol–water partition coefficient (Wildman–Crippen LogP) is -0.824. The smallest absolute Gasteiger partial charge is 0.244 e. The molecule has 0 radical (unpaired) electrons. The molecule has 1 aliphatic rings. The number of thioether (sulfide) groups is 1. The van der Waals surface area contributed by atoms with Crippen LogP contribution in [-0.4, -0.2) is 28.7 Å². The molecule has 1 aliphatic heterocycles. The Bertz CT molecular complexity index is 301. The topological polar surface area (TPSA) is 89.3 Å². The summed E-state index contributed by atoms with van der Waals surface area (Å²) < 4.78 is 0. The second-order valence-corrected chi connectivity index (χ2v) is 3.85. The van der Waals surface area contributed by atoms with E-state index in [1.165, 1.54) is 11.8 Å². The summed E-state index contributed by atoms with van der Waals surface area (Å²) in [6.07, 6.45) is 2.63. The number of nitrogens with one attached hydrogen (secondary N) is 1. The summed E-state index contributed by atoms with van der Waals surface area (Å²) in [5.41, 5.74) is 4.80. The minimum atomic E-state index is -0.688. The summed E-state index contributed by atoms with van der Waals surface area (Å²) in [5.74, 6) is -0.430. The van der Waals surface area contributed by atoms with Crippen LogP contribution in [0.5, 0.6) is 0 Å². The van der Waals surface area contributed by atoms with E-state index < -0.39 is 17.9 Å². The standard InChI is InChI=1S/C8H10N2O3S/c9-6(11)1-2-7(12)10-5-3-4-14-8(5)13/h1-2,5H,3-4H2,(H2,9,11)(H,10,12)/b2-1+. The van der Waals surface area contributed by atoms with Crippen molar-refractivity contribution in [2.45, 2.75) is 12.5 Å². The van der Waals surface area contributed by atoms with E-state index in [0.717, 1.165) is 17.9 Å². The molecule has 2 amide bonds. The van der Waals surface area contributed by atoms with E-state index in [9.17, 15) is 14.4 Å². The van der Waals surface area contributed by atoms with Gasteiger partial charge in [-0.3, -0.25) is 14.4 Å². The lowest BCUT2D eigenvalue weighted by Crippen LogP contribution is -2.36. The van der Waals surface area contributed by atoms with Crippen molar-refractivity contribution < 1.29 is 14.4 Å². The van der Waals surface area contributed by atoms with Crippen molar-refractivity contribution in [3.8, 4) is 0 Å². The Morgan fingerprint density at radius 1 is 1.50 bits per heavy atom. The van der Waals surface area contributed by atoms with E-state index in [2.05, 4.69) is 5.32 Å². The molecule has 0 spiro atoms. The predicted molar refractivity (Wildman–Crippen MR) is 52.3 cm³/mol. The molecular weight excluding hydrogens is 204 g/mol. The Morgan fingerprint density at radius 3 is 2.71 bits per heavy atom. The van der Waals surface area contributed by atoms with Crippen LogP contribution in [0, 0.1) is 0 Å². The van der Waals surface area contributed by atoms with Crippen LogP contribution in [-0.2, 0) is 14.4 Å². The fraction of sp³-hybridized carbons (Fsp3) is 0.375. The van der Waals surface area contributed by atoms with Gasteiger partial charge in [0, 0.05) is 17.9 Å². The molecule has 14 heavy (non-hydrogen) atoms. The van der Waals surface area contributed by atoms with Crippen LogP contribution in [0.1, 0.15) is 6.42 Å². The van der Waals surface area contributed by atoms with Crippen molar-refractivity contribution >= 4 is 28.7 Å². The molecule has 0 aliphatic carbocycles. The highest BCUT2D eigenvalue weighted by atomic mass is 32.2. The molecule has 0 aromatic heterocycles. The molecule has 3 N–H and O–H groups in total. The maximum atomic E-state index is 11.1. The Kier molecular flexibility index (Phi) is 3.70. The van der Waals surface area contributed by atoms with E-state index >= 15 is 0 Å². The summed E-state index contributed by atoms with van der Waals surface area (Å²) in [7, 11) is 0. The Morgan fingerprint density at radius 2 is 2.21 bits per heavy atom. The highest BCUT2D eigenvalue weighted by Crippen LogP contribution is 2.19. The summed E-state index contributed by atoms with van der Waals surface area (Å²) in [6.45, 7) is 0. The van der Waals surface area contributed by atoms with Crippen molar-refractivity contribution in [2.24, 2.45) is 5.73 Å². The highest BCUT2D eigenvalue weighted by molar-refractivity contribution is 8.14. The van der Waals surface area contributed by atoms with Crippen LogP contribution in [0.2, 0.25) is 0 Å². The molecule has 1 rings (SSSR count). The first kappa shape index (κ1) is 10.8. The maximum Gasteiger partial charge on any atom is 0.244 e. The lowest BCUT2D eigenvalue weighted by molar-refractivity contribution is -0.121. The lowest BCUT2D eigenvalue weighted by Gasteiger charge is -2.06. The van der Waals surface area contributed by atoms with Crippen LogP contribution in [0.4, 0.5) is 0 Å². The highest BCUT2D eigenvalue weighted by Gasteiger charge is 2.25. The van der Waals surface area contributed by atoms with Gasteiger partial charge in [0.25, 0.3) is 0 Å². The largest absolute Gasteiger partial charge is 0.366 e. The van der Waals surface area contributed by atoms with E-state index in [4.69, 9.17) is 5.73 Å². The molecule has 0 aromatic rings. The number of rotatable bonds is 3. The number of hydrogen-bond donors (Lipinski definition) is 2. The first-order valence-electron chi connectivity index (χ1n) is 4.04. The zero-order valence-electron chi connectivity index (χ0n) is 7.36. The van der Waals surface area contributed by atoms with Crippen LogP contribution in [0.3, 0.4) is 0 Å². The first-order chi connectivity index (χ1) is 6.59. The molecule has 0 aromatic carbocycles. The van der Waals surface area contributed by atoms with Crippen LogP contribution in [0.25, 0.3) is 0 Å². The van der Waals surface area contributed by atoms with Gasteiger partial charge < -0.3 is 11.1 Å².